The van der Waals surface area contributed by atoms with Crippen LogP contribution in [0.4, 0.5) is 0 Å². The third-order valence-corrected chi connectivity index (χ3v) is 7.98. The molecule has 144 valence electrons. The van der Waals surface area contributed by atoms with E-state index in [2.05, 4.69) is 31.1 Å². The molecule has 1 aromatic heterocycles. The number of rotatable bonds is 2. The second kappa shape index (κ2) is 5.28. The number of aromatic amines is 1. The highest BCUT2D eigenvalue weighted by Crippen LogP contribution is 2.77. The molecule has 4 aliphatic carbocycles. The predicted molar refractivity (Wildman–Crippen MR) is 107 cm³/mol. The summed E-state index contributed by atoms with van der Waals surface area (Å²) in [4.78, 5) is 26.0. The van der Waals surface area contributed by atoms with Gasteiger partial charge in [-0.15, -0.1) is 0 Å². The molecular weight excluding hydrogens is 350 g/mol. The molecule has 3 fully saturated rings. The first kappa shape index (κ1) is 16.4. The van der Waals surface area contributed by atoms with Gasteiger partial charge in [0.15, 0.2) is 0 Å². The molecule has 0 unspecified atom stereocenters. The lowest BCUT2D eigenvalue weighted by Gasteiger charge is -2.26. The summed E-state index contributed by atoms with van der Waals surface area (Å²) in [6.45, 7) is 4.40. The minimum absolute atomic E-state index is 0.0393. The first-order valence-electron chi connectivity index (χ1n) is 10.4. The van der Waals surface area contributed by atoms with E-state index in [1.807, 2.05) is 18.2 Å². The lowest BCUT2D eigenvalue weighted by Crippen LogP contribution is -2.32. The van der Waals surface area contributed by atoms with Gasteiger partial charge in [0.2, 0.25) is 0 Å². The van der Waals surface area contributed by atoms with Crippen LogP contribution in [0.5, 0.6) is 0 Å². The van der Waals surface area contributed by atoms with Crippen LogP contribution in [0.25, 0.3) is 5.69 Å². The lowest BCUT2D eigenvalue weighted by molar-refractivity contribution is 0.254. The minimum atomic E-state index is -0.349. The number of para-hydroxylation sites is 1. The zero-order valence-electron chi connectivity index (χ0n) is 16.3. The van der Waals surface area contributed by atoms with Crippen molar-refractivity contribution >= 4 is 0 Å². The SMILES string of the molecule is CC(C)=C1C[C@@H](n2[nH]c(=O)n(-c3ccccc3)c2=O)[C@@H]2[C@@H]1[C@@H]1C=C[C@@H]2C12CC2. The van der Waals surface area contributed by atoms with Gasteiger partial charge in [0.05, 0.1) is 11.7 Å². The number of fused-ring (bicyclic) bond motifs is 3. The Kier molecular flexibility index (Phi) is 3.09. The zero-order chi connectivity index (χ0) is 19.2. The topological polar surface area (TPSA) is 59.8 Å². The van der Waals surface area contributed by atoms with Crippen LogP contribution in [-0.4, -0.2) is 14.3 Å². The maximum atomic E-state index is 13.3. The fourth-order valence-electron chi connectivity index (χ4n) is 6.76. The zero-order valence-corrected chi connectivity index (χ0v) is 16.3. The summed E-state index contributed by atoms with van der Waals surface area (Å²) in [6, 6.07) is 9.24. The van der Waals surface area contributed by atoms with Crippen molar-refractivity contribution in [1.29, 1.82) is 0 Å². The largest absolute Gasteiger partial charge is 0.351 e. The first-order chi connectivity index (χ1) is 13.5. The van der Waals surface area contributed by atoms with Crippen LogP contribution in [0.1, 0.15) is 39.2 Å². The predicted octanol–water partition coefficient (Wildman–Crippen LogP) is 3.44. The smallest absolute Gasteiger partial charge is 0.246 e. The van der Waals surface area contributed by atoms with Gasteiger partial charge in [-0.3, -0.25) is 0 Å². The van der Waals surface area contributed by atoms with Gasteiger partial charge in [-0.1, -0.05) is 41.5 Å². The average Bonchev–Trinajstić information content (AvgIpc) is 3.02. The number of hydrogen-bond acceptors (Lipinski definition) is 2. The van der Waals surface area contributed by atoms with E-state index in [4.69, 9.17) is 0 Å². The molecule has 5 nitrogen and oxygen atoms in total. The van der Waals surface area contributed by atoms with Crippen LogP contribution in [-0.2, 0) is 0 Å². The quantitative estimate of drug-likeness (QED) is 0.818. The summed E-state index contributed by atoms with van der Waals surface area (Å²) in [7, 11) is 0. The Morgan fingerprint density at radius 3 is 2.46 bits per heavy atom. The number of allylic oxidation sites excluding steroid dienone is 4. The molecule has 1 aromatic carbocycles. The van der Waals surface area contributed by atoms with Crippen LogP contribution >= 0.6 is 0 Å². The Hall–Kier alpha value is -2.56. The standard InChI is InChI=1S/C23H25N3O2/c1-13(2)15-12-18(20-17-9-8-16(19(15)20)23(17)10-11-23)26-22(28)25(21(27)24-26)14-6-4-3-5-7-14/h3-9,16-20H,10-12H2,1-2H3,(H,24,27)/t16-,17-,18+,19-,20+/m0/s1. The Balaban J connectivity index is 1.50. The lowest BCUT2D eigenvalue weighted by atomic mass is 9.82. The van der Waals surface area contributed by atoms with Gasteiger partial charge >= 0.3 is 11.4 Å². The van der Waals surface area contributed by atoms with E-state index in [0.29, 0.717) is 34.8 Å². The monoisotopic (exact) mass is 375 g/mol. The molecule has 0 amide bonds. The van der Waals surface area contributed by atoms with Gasteiger partial charge in [0, 0.05) is 0 Å². The Morgan fingerprint density at radius 2 is 1.79 bits per heavy atom. The maximum absolute atomic E-state index is 13.3. The number of aromatic nitrogens is 3. The van der Waals surface area contributed by atoms with Crippen molar-refractivity contribution in [2.75, 3.05) is 0 Å². The molecule has 5 atom stereocenters. The normalized spacial score (nSPS) is 33.6. The maximum Gasteiger partial charge on any atom is 0.351 e. The Bertz CT molecular complexity index is 1140. The summed E-state index contributed by atoms with van der Waals surface area (Å²) in [6.07, 6.45) is 8.35. The highest BCUT2D eigenvalue weighted by molar-refractivity contribution is 5.39. The third kappa shape index (κ3) is 1.87. The van der Waals surface area contributed by atoms with Crippen LogP contribution in [0.3, 0.4) is 0 Å². The molecule has 28 heavy (non-hydrogen) atoms. The summed E-state index contributed by atoms with van der Waals surface area (Å²) in [5.41, 5.74) is 3.37. The second-order valence-electron chi connectivity index (χ2n) is 9.31. The molecule has 5 heteroatoms. The van der Waals surface area contributed by atoms with Crippen molar-refractivity contribution in [2.24, 2.45) is 29.1 Å². The van der Waals surface area contributed by atoms with Gasteiger partial charge in [0.25, 0.3) is 0 Å². The van der Waals surface area contributed by atoms with Crippen molar-refractivity contribution in [2.45, 2.75) is 39.2 Å². The minimum Gasteiger partial charge on any atom is -0.246 e. The van der Waals surface area contributed by atoms with Crippen LogP contribution < -0.4 is 11.4 Å². The molecule has 1 heterocycles. The van der Waals surface area contributed by atoms with Crippen molar-refractivity contribution in [3.8, 4) is 5.69 Å². The molecule has 4 aliphatic rings. The summed E-state index contributed by atoms with van der Waals surface area (Å²) < 4.78 is 2.92. The van der Waals surface area contributed by atoms with Gasteiger partial charge in [-0.05, 0) is 74.3 Å². The fraction of sp³-hybridized carbons (Fsp3) is 0.478. The van der Waals surface area contributed by atoms with E-state index in [1.54, 1.807) is 16.8 Å². The van der Waals surface area contributed by atoms with Gasteiger partial charge in [-0.2, -0.15) is 0 Å². The van der Waals surface area contributed by atoms with E-state index >= 15 is 0 Å². The van der Waals surface area contributed by atoms with E-state index < -0.39 is 0 Å². The van der Waals surface area contributed by atoms with E-state index in [1.165, 1.54) is 28.6 Å². The van der Waals surface area contributed by atoms with Crippen LogP contribution in [0.2, 0.25) is 0 Å². The Labute approximate surface area is 163 Å². The van der Waals surface area contributed by atoms with E-state index in [9.17, 15) is 9.59 Å². The van der Waals surface area contributed by atoms with Crippen molar-refractivity contribution in [3.63, 3.8) is 0 Å². The van der Waals surface area contributed by atoms with Crippen LogP contribution in [0.15, 0.2) is 63.2 Å². The number of H-pyrrole nitrogens is 1. The van der Waals surface area contributed by atoms with Crippen molar-refractivity contribution in [1.82, 2.24) is 14.3 Å². The molecule has 6 rings (SSSR count). The van der Waals surface area contributed by atoms with Crippen LogP contribution in [0, 0.1) is 29.1 Å². The molecule has 2 aromatic rings. The van der Waals surface area contributed by atoms with Gasteiger partial charge < -0.3 is 0 Å². The van der Waals surface area contributed by atoms with Crippen molar-refractivity contribution in [3.05, 3.63) is 74.6 Å². The highest BCUT2D eigenvalue weighted by Gasteiger charge is 2.70. The molecule has 2 bridgehead atoms. The molecule has 0 saturated heterocycles. The van der Waals surface area contributed by atoms with Crippen molar-refractivity contribution < 1.29 is 0 Å². The molecule has 1 N–H and O–H groups in total. The average molecular weight is 375 g/mol. The summed E-state index contributed by atoms with van der Waals surface area (Å²) >= 11 is 0. The fourth-order valence-corrected chi connectivity index (χ4v) is 6.76. The summed E-state index contributed by atoms with van der Waals surface area (Å²) in [5.74, 6) is 2.11. The number of benzene rings is 1. The molecule has 1 spiro atoms. The number of nitrogens with one attached hydrogen (secondary N) is 1. The highest BCUT2D eigenvalue weighted by atomic mass is 16.2. The second-order valence-corrected chi connectivity index (χ2v) is 9.31. The first-order valence-corrected chi connectivity index (χ1v) is 10.4. The molecule has 0 aliphatic heterocycles. The number of nitrogens with zero attached hydrogens (tertiary/aromatic N) is 2. The molecule has 3 saturated carbocycles. The summed E-state index contributed by atoms with van der Waals surface area (Å²) in [5, 5.41) is 2.90. The van der Waals surface area contributed by atoms with E-state index in [0.717, 1.165) is 6.42 Å². The Morgan fingerprint density at radius 1 is 1.07 bits per heavy atom. The third-order valence-electron chi connectivity index (χ3n) is 7.98. The van der Waals surface area contributed by atoms with Gasteiger partial charge in [0.1, 0.15) is 0 Å². The number of hydrogen-bond donors (Lipinski definition) is 1. The molecule has 0 radical (unpaired) electrons. The van der Waals surface area contributed by atoms with E-state index in [-0.39, 0.29) is 17.4 Å². The molecular formula is C23H25N3O2. The van der Waals surface area contributed by atoms with Gasteiger partial charge in [-0.25, -0.2) is 23.9 Å².